The zero-order chi connectivity index (χ0) is 19.3. The van der Waals surface area contributed by atoms with Gasteiger partial charge < -0.3 is 25.2 Å². The van der Waals surface area contributed by atoms with E-state index in [9.17, 15) is 0 Å². The van der Waals surface area contributed by atoms with Crippen molar-refractivity contribution in [1.82, 2.24) is 20.5 Å². The first kappa shape index (κ1) is 24.9. The van der Waals surface area contributed by atoms with Crippen LogP contribution in [-0.4, -0.2) is 75.4 Å². The number of piperazine rings is 1. The van der Waals surface area contributed by atoms with Gasteiger partial charge in [-0.25, -0.2) is 9.98 Å². The molecule has 1 saturated heterocycles. The van der Waals surface area contributed by atoms with E-state index in [1.165, 1.54) is 5.56 Å². The third-order valence-corrected chi connectivity index (χ3v) is 4.61. The molecular formula is C20H37IN6O. The highest BCUT2D eigenvalue weighted by molar-refractivity contribution is 14.0. The number of likely N-dealkylation sites (N-methyl/N-ethyl adjacent to an activating group) is 1. The van der Waals surface area contributed by atoms with Gasteiger partial charge in [-0.15, -0.1) is 24.0 Å². The number of guanidine groups is 1. The molecule has 0 bridgehead atoms. The second-order valence-corrected chi connectivity index (χ2v) is 6.84. The first-order valence-corrected chi connectivity index (χ1v) is 10.2. The van der Waals surface area contributed by atoms with Gasteiger partial charge in [0, 0.05) is 58.7 Å². The average Bonchev–Trinajstić information content (AvgIpc) is 2.69. The molecule has 1 aromatic heterocycles. The van der Waals surface area contributed by atoms with Crippen LogP contribution in [-0.2, 0) is 11.3 Å². The Morgan fingerprint density at radius 3 is 2.68 bits per heavy atom. The summed E-state index contributed by atoms with van der Waals surface area (Å²) in [5.74, 6) is 1.93. The number of halogens is 1. The Morgan fingerprint density at radius 1 is 1.18 bits per heavy atom. The topological polar surface area (TPSA) is 65.0 Å². The molecule has 1 aromatic rings. The van der Waals surface area contributed by atoms with Crippen molar-refractivity contribution in [3.8, 4) is 0 Å². The zero-order valence-electron chi connectivity index (χ0n) is 17.6. The molecule has 0 radical (unpaired) electrons. The Hall–Kier alpha value is -1.13. The molecule has 0 aliphatic carbocycles. The molecule has 160 valence electrons. The lowest BCUT2D eigenvalue weighted by Gasteiger charge is -2.33. The average molecular weight is 504 g/mol. The summed E-state index contributed by atoms with van der Waals surface area (Å²) in [5.41, 5.74) is 1.19. The highest BCUT2D eigenvalue weighted by Crippen LogP contribution is 2.15. The Balaban J connectivity index is 0.00000392. The Bertz CT molecular complexity index is 563. The van der Waals surface area contributed by atoms with Gasteiger partial charge in [-0.2, -0.15) is 0 Å². The van der Waals surface area contributed by atoms with Crippen molar-refractivity contribution in [1.29, 1.82) is 0 Å². The molecule has 1 aliphatic heterocycles. The predicted octanol–water partition coefficient (Wildman–Crippen LogP) is 2.32. The van der Waals surface area contributed by atoms with E-state index in [-0.39, 0.29) is 24.0 Å². The Labute approximate surface area is 187 Å². The highest BCUT2D eigenvalue weighted by atomic mass is 127. The number of hydrogen-bond donors (Lipinski definition) is 2. The third kappa shape index (κ3) is 9.38. The van der Waals surface area contributed by atoms with Crippen LogP contribution in [0, 0.1) is 0 Å². The number of aromatic nitrogens is 1. The van der Waals surface area contributed by atoms with Crippen LogP contribution in [0.5, 0.6) is 0 Å². The second kappa shape index (κ2) is 14.8. The monoisotopic (exact) mass is 504 g/mol. The van der Waals surface area contributed by atoms with Crippen molar-refractivity contribution < 1.29 is 4.74 Å². The molecule has 0 aromatic carbocycles. The van der Waals surface area contributed by atoms with Crippen molar-refractivity contribution in [3.63, 3.8) is 0 Å². The molecule has 2 N–H and O–H groups in total. The van der Waals surface area contributed by atoms with Crippen molar-refractivity contribution in [3.05, 3.63) is 23.9 Å². The number of aliphatic imine (C=N–C) groups is 1. The molecule has 2 heterocycles. The fourth-order valence-electron chi connectivity index (χ4n) is 2.96. The molecule has 0 saturated carbocycles. The number of rotatable bonds is 10. The number of anilines is 1. The van der Waals surface area contributed by atoms with Crippen LogP contribution in [0.15, 0.2) is 23.3 Å². The molecule has 1 fully saturated rings. The molecule has 0 amide bonds. The highest BCUT2D eigenvalue weighted by Gasteiger charge is 2.15. The first-order chi connectivity index (χ1) is 13.2. The fraction of sp³-hybridized carbons (Fsp3) is 0.700. The molecule has 2 rings (SSSR count). The van der Waals surface area contributed by atoms with Crippen LogP contribution in [0.1, 0.15) is 32.3 Å². The SMILES string of the molecule is CCNC(=NCc1ccnc(N2CCN(C)CC2)c1)NCCCCOCC.I. The van der Waals surface area contributed by atoms with E-state index in [2.05, 4.69) is 51.5 Å². The van der Waals surface area contributed by atoms with Gasteiger partial charge in [0.2, 0.25) is 0 Å². The zero-order valence-corrected chi connectivity index (χ0v) is 19.9. The number of ether oxygens (including phenoxy) is 1. The molecule has 0 spiro atoms. The molecule has 0 unspecified atom stereocenters. The Kier molecular flexibility index (Phi) is 13.2. The maximum Gasteiger partial charge on any atom is 0.191 e. The molecule has 8 heteroatoms. The van der Waals surface area contributed by atoms with Gasteiger partial charge in [-0.05, 0) is 51.4 Å². The van der Waals surface area contributed by atoms with Crippen molar-refractivity contribution in [2.45, 2.75) is 33.2 Å². The third-order valence-electron chi connectivity index (χ3n) is 4.61. The maximum atomic E-state index is 5.37. The summed E-state index contributed by atoms with van der Waals surface area (Å²) in [6, 6.07) is 4.22. The first-order valence-electron chi connectivity index (χ1n) is 10.2. The summed E-state index contributed by atoms with van der Waals surface area (Å²) >= 11 is 0. The van der Waals surface area contributed by atoms with E-state index in [4.69, 9.17) is 9.73 Å². The van der Waals surface area contributed by atoms with Crippen molar-refractivity contribution >= 4 is 35.8 Å². The van der Waals surface area contributed by atoms with Crippen LogP contribution in [0.3, 0.4) is 0 Å². The largest absolute Gasteiger partial charge is 0.382 e. The maximum absolute atomic E-state index is 5.37. The molecule has 28 heavy (non-hydrogen) atoms. The van der Waals surface area contributed by atoms with E-state index in [0.717, 1.165) is 77.1 Å². The summed E-state index contributed by atoms with van der Waals surface area (Å²) in [4.78, 5) is 14.0. The van der Waals surface area contributed by atoms with Crippen molar-refractivity contribution in [2.24, 2.45) is 4.99 Å². The van der Waals surface area contributed by atoms with Crippen LogP contribution in [0.2, 0.25) is 0 Å². The number of nitrogens with one attached hydrogen (secondary N) is 2. The van der Waals surface area contributed by atoms with Crippen LogP contribution < -0.4 is 15.5 Å². The minimum absolute atomic E-state index is 0. The van der Waals surface area contributed by atoms with E-state index in [0.29, 0.717) is 6.54 Å². The summed E-state index contributed by atoms with van der Waals surface area (Å²) < 4.78 is 5.37. The summed E-state index contributed by atoms with van der Waals surface area (Å²) in [6.45, 7) is 12.4. The molecule has 1 aliphatic rings. The number of unbranched alkanes of at least 4 members (excludes halogenated alkanes) is 1. The van der Waals surface area contributed by atoms with Crippen LogP contribution >= 0.6 is 24.0 Å². The smallest absolute Gasteiger partial charge is 0.191 e. The van der Waals surface area contributed by atoms with Gasteiger partial charge in [-0.3, -0.25) is 0 Å². The van der Waals surface area contributed by atoms with E-state index in [1.54, 1.807) is 0 Å². The van der Waals surface area contributed by atoms with Gasteiger partial charge >= 0.3 is 0 Å². The lowest BCUT2D eigenvalue weighted by Crippen LogP contribution is -2.44. The molecule has 7 nitrogen and oxygen atoms in total. The van der Waals surface area contributed by atoms with Gasteiger partial charge in [0.15, 0.2) is 5.96 Å². The lowest BCUT2D eigenvalue weighted by molar-refractivity contribution is 0.143. The van der Waals surface area contributed by atoms with Crippen LogP contribution in [0.4, 0.5) is 5.82 Å². The van der Waals surface area contributed by atoms with Gasteiger partial charge in [0.05, 0.1) is 6.54 Å². The number of hydrogen-bond acceptors (Lipinski definition) is 5. The quantitative estimate of drug-likeness (QED) is 0.221. The second-order valence-electron chi connectivity index (χ2n) is 6.84. The van der Waals surface area contributed by atoms with E-state index >= 15 is 0 Å². The van der Waals surface area contributed by atoms with Gasteiger partial charge in [0.25, 0.3) is 0 Å². The van der Waals surface area contributed by atoms with Crippen molar-refractivity contribution in [2.75, 3.05) is 64.4 Å². The fourth-order valence-corrected chi connectivity index (χ4v) is 2.96. The van der Waals surface area contributed by atoms with Gasteiger partial charge in [0.1, 0.15) is 5.82 Å². The summed E-state index contributed by atoms with van der Waals surface area (Å²) in [6.07, 6.45) is 4.04. The predicted molar refractivity (Wildman–Crippen MR) is 128 cm³/mol. The normalized spacial score (nSPS) is 15.2. The standard InChI is InChI=1S/C20H36N6O.HI/c1-4-21-20(23-9-6-7-15-27-5-2)24-17-18-8-10-22-19(16-18)26-13-11-25(3)12-14-26;/h8,10,16H,4-7,9,11-15,17H2,1-3H3,(H2,21,23,24);1H. The van der Waals surface area contributed by atoms with E-state index < -0.39 is 0 Å². The lowest BCUT2D eigenvalue weighted by atomic mass is 10.2. The molecule has 0 atom stereocenters. The number of nitrogens with zero attached hydrogens (tertiary/aromatic N) is 4. The van der Waals surface area contributed by atoms with E-state index in [1.807, 2.05) is 13.1 Å². The minimum atomic E-state index is 0. The van der Waals surface area contributed by atoms with Crippen LogP contribution in [0.25, 0.3) is 0 Å². The number of pyridine rings is 1. The summed E-state index contributed by atoms with van der Waals surface area (Å²) in [5, 5.41) is 6.72. The molecular weight excluding hydrogens is 467 g/mol. The van der Waals surface area contributed by atoms with Gasteiger partial charge in [-0.1, -0.05) is 0 Å². The minimum Gasteiger partial charge on any atom is -0.382 e. The Morgan fingerprint density at radius 2 is 1.96 bits per heavy atom. The summed E-state index contributed by atoms with van der Waals surface area (Å²) in [7, 11) is 2.17.